The van der Waals surface area contributed by atoms with E-state index >= 15 is 0 Å². The molecule has 0 spiro atoms. The Balaban J connectivity index is 1.68. The minimum atomic E-state index is 0.0924. The maximum atomic E-state index is 12.7. The number of aromatic nitrogens is 1. The SMILES string of the molecule is Cc1cnc([C@H](NC(=O)N2CCSCC[C@@H]2C)C2CC2)s1. The Bertz CT molecular complexity index is 501. The van der Waals surface area contributed by atoms with Crippen LogP contribution in [0.4, 0.5) is 4.79 Å². The van der Waals surface area contributed by atoms with Gasteiger partial charge in [0.2, 0.25) is 0 Å². The van der Waals surface area contributed by atoms with Gasteiger partial charge in [0.05, 0.1) is 6.04 Å². The van der Waals surface area contributed by atoms with Crippen LogP contribution in [0.3, 0.4) is 0 Å². The Morgan fingerprint density at radius 3 is 2.90 bits per heavy atom. The highest BCUT2D eigenvalue weighted by molar-refractivity contribution is 7.99. The molecule has 2 fully saturated rings. The molecule has 1 saturated heterocycles. The second-order valence-corrected chi connectivity index (χ2v) is 8.51. The van der Waals surface area contributed by atoms with E-state index in [2.05, 4.69) is 24.1 Å². The van der Waals surface area contributed by atoms with Crippen LogP contribution in [0.2, 0.25) is 0 Å². The number of aryl methyl sites for hydroxylation is 1. The quantitative estimate of drug-likeness (QED) is 0.926. The van der Waals surface area contributed by atoms with Gasteiger partial charge in [-0.1, -0.05) is 0 Å². The van der Waals surface area contributed by atoms with Gasteiger partial charge in [0, 0.05) is 29.4 Å². The van der Waals surface area contributed by atoms with E-state index in [1.165, 1.54) is 17.7 Å². The largest absolute Gasteiger partial charge is 0.328 e. The first-order valence-electron chi connectivity index (χ1n) is 7.72. The van der Waals surface area contributed by atoms with Gasteiger partial charge < -0.3 is 10.2 Å². The van der Waals surface area contributed by atoms with Crippen LogP contribution in [-0.4, -0.2) is 40.0 Å². The zero-order chi connectivity index (χ0) is 14.8. The van der Waals surface area contributed by atoms with Crippen LogP contribution in [-0.2, 0) is 0 Å². The van der Waals surface area contributed by atoms with Crippen molar-refractivity contribution in [2.45, 2.75) is 45.2 Å². The summed E-state index contributed by atoms with van der Waals surface area (Å²) in [4.78, 5) is 20.4. The van der Waals surface area contributed by atoms with E-state index in [0.717, 1.165) is 29.5 Å². The minimum Gasteiger partial charge on any atom is -0.328 e. The molecule has 0 aromatic carbocycles. The lowest BCUT2D eigenvalue weighted by molar-refractivity contribution is 0.177. The van der Waals surface area contributed by atoms with E-state index in [1.807, 2.05) is 22.9 Å². The molecule has 2 heterocycles. The summed E-state index contributed by atoms with van der Waals surface area (Å²) in [6.45, 7) is 5.08. The lowest BCUT2D eigenvalue weighted by Gasteiger charge is -2.29. The number of nitrogens with one attached hydrogen (secondary N) is 1. The van der Waals surface area contributed by atoms with Crippen LogP contribution in [0.25, 0.3) is 0 Å². The topological polar surface area (TPSA) is 45.2 Å². The van der Waals surface area contributed by atoms with Crippen LogP contribution in [0.15, 0.2) is 6.20 Å². The van der Waals surface area contributed by atoms with Crippen molar-refractivity contribution in [2.75, 3.05) is 18.1 Å². The summed E-state index contributed by atoms with van der Waals surface area (Å²) in [6, 6.07) is 0.534. The number of urea groups is 1. The second kappa shape index (κ2) is 6.57. The summed E-state index contributed by atoms with van der Waals surface area (Å²) in [5.41, 5.74) is 0. The number of nitrogens with zero attached hydrogens (tertiary/aromatic N) is 2. The normalized spacial score (nSPS) is 24.5. The molecule has 1 aromatic rings. The molecule has 0 radical (unpaired) electrons. The van der Waals surface area contributed by atoms with E-state index in [4.69, 9.17) is 0 Å². The highest BCUT2D eigenvalue weighted by Crippen LogP contribution is 2.42. The van der Waals surface area contributed by atoms with Gasteiger partial charge in [-0.05, 0) is 44.8 Å². The van der Waals surface area contributed by atoms with Crippen molar-refractivity contribution < 1.29 is 4.79 Å². The average molecular weight is 326 g/mol. The average Bonchev–Trinajstić information content (AvgIpc) is 3.23. The molecule has 2 amide bonds. The van der Waals surface area contributed by atoms with Gasteiger partial charge in [-0.2, -0.15) is 11.8 Å². The summed E-state index contributed by atoms with van der Waals surface area (Å²) in [7, 11) is 0. The Morgan fingerprint density at radius 1 is 1.43 bits per heavy atom. The van der Waals surface area contributed by atoms with Gasteiger partial charge in [-0.15, -0.1) is 11.3 Å². The number of rotatable bonds is 3. The van der Waals surface area contributed by atoms with Gasteiger partial charge in [-0.25, -0.2) is 9.78 Å². The van der Waals surface area contributed by atoms with Crippen molar-refractivity contribution in [1.82, 2.24) is 15.2 Å². The molecule has 1 saturated carbocycles. The molecule has 21 heavy (non-hydrogen) atoms. The van der Waals surface area contributed by atoms with E-state index < -0.39 is 0 Å². The standard InChI is InChI=1S/C15H23N3OS2/c1-10-5-7-20-8-6-18(10)15(19)17-13(12-3-4-12)14-16-9-11(2)21-14/h9-10,12-13H,3-8H2,1-2H3,(H,17,19)/t10-,13+/m0/s1. The summed E-state index contributed by atoms with van der Waals surface area (Å²) < 4.78 is 0. The first kappa shape index (κ1) is 15.2. The summed E-state index contributed by atoms with van der Waals surface area (Å²) >= 11 is 3.66. The van der Waals surface area contributed by atoms with Crippen molar-refractivity contribution in [1.29, 1.82) is 0 Å². The van der Waals surface area contributed by atoms with Crippen LogP contribution in [0, 0.1) is 12.8 Å². The first-order valence-corrected chi connectivity index (χ1v) is 9.69. The molecule has 4 nitrogen and oxygen atoms in total. The fraction of sp³-hybridized carbons (Fsp3) is 0.733. The highest BCUT2D eigenvalue weighted by atomic mass is 32.2. The van der Waals surface area contributed by atoms with Gasteiger partial charge >= 0.3 is 6.03 Å². The maximum Gasteiger partial charge on any atom is 0.318 e. The third-order valence-electron chi connectivity index (χ3n) is 4.23. The number of carbonyl (C=O) groups excluding carboxylic acids is 1. The monoisotopic (exact) mass is 325 g/mol. The van der Waals surface area contributed by atoms with Crippen LogP contribution < -0.4 is 5.32 Å². The van der Waals surface area contributed by atoms with Crippen molar-refractivity contribution in [3.63, 3.8) is 0 Å². The Labute approximate surface area is 134 Å². The van der Waals surface area contributed by atoms with Crippen LogP contribution >= 0.6 is 23.1 Å². The molecule has 0 bridgehead atoms. The molecule has 3 rings (SSSR count). The van der Waals surface area contributed by atoms with E-state index in [1.54, 1.807) is 11.3 Å². The van der Waals surface area contributed by atoms with Crippen molar-refractivity contribution in [2.24, 2.45) is 5.92 Å². The zero-order valence-corrected chi connectivity index (χ0v) is 14.3. The van der Waals surface area contributed by atoms with Crippen LogP contribution in [0.1, 0.15) is 42.1 Å². The van der Waals surface area contributed by atoms with Crippen molar-refractivity contribution in [3.05, 3.63) is 16.1 Å². The number of carbonyl (C=O) groups is 1. The molecule has 6 heteroatoms. The van der Waals surface area contributed by atoms with E-state index in [-0.39, 0.29) is 12.1 Å². The summed E-state index contributed by atoms with van der Waals surface area (Å²) in [5, 5.41) is 4.33. The van der Waals surface area contributed by atoms with Gasteiger partial charge in [0.15, 0.2) is 0 Å². The fourth-order valence-electron chi connectivity index (χ4n) is 2.74. The number of hydrogen-bond donors (Lipinski definition) is 1. The lowest BCUT2D eigenvalue weighted by atomic mass is 10.2. The Kier molecular flexibility index (Phi) is 4.74. The molecule has 1 aliphatic carbocycles. The van der Waals surface area contributed by atoms with Gasteiger partial charge in [0.1, 0.15) is 5.01 Å². The zero-order valence-electron chi connectivity index (χ0n) is 12.7. The molecule has 116 valence electrons. The predicted octanol–water partition coefficient (Wildman–Crippen LogP) is 3.44. The van der Waals surface area contributed by atoms with E-state index in [9.17, 15) is 4.79 Å². The molecule has 0 unspecified atom stereocenters. The fourth-order valence-corrected chi connectivity index (χ4v) is 4.70. The molecule has 2 aliphatic rings. The van der Waals surface area contributed by atoms with Gasteiger partial charge in [-0.3, -0.25) is 0 Å². The lowest BCUT2D eigenvalue weighted by Crippen LogP contribution is -2.47. The Hall–Kier alpha value is -0.750. The number of thioether (sulfide) groups is 1. The minimum absolute atomic E-state index is 0.0924. The van der Waals surface area contributed by atoms with Gasteiger partial charge in [0.25, 0.3) is 0 Å². The van der Waals surface area contributed by atoms with E-state index in [0.29, 0.717) is 12.0 Å². The number of thiazole rings is 1. The van der Waals surface area contributed by atoms with Crippen molar-refractivity contribution >= 4 is 29.1 Å². The maximum absolute atomic E-state index is 12.7. The van der Waals surface area contributed by atoms with Crippen LogP contribution in [0.5, 0.6) is 0 Å². The summed E-state index contributed by atoms with van der Waals surface area (Å²) in [5.74, 6) is 2.78. The second-order valence-electron chi connectivity index (χ2n) is 6.02. The molecule has 2 atom stereocenters. The highest BCUT2D eigenvalue weighted by Gasteiger charge is 2.36. The predicted molar refractivity (Wildman–Crippen MR) is 89.0 cm³/mol. The molecule has 1 aliphatic heterocycles. The molecule has 1 N–H and O–H groups in total. The molecular formula is C15H23N3OS2. The summed E-state index contributed by atoms with van der Waals surface area (Å²) in [6.07, 6.45) is 5.40. The number of amides is 2. The smallest absolute Gasteiger partial charge is 0.318 e. The first-order chi connectivity index (χ1) is 10.1. The Morgan fingerprint density at radius 2 is 2.24 bits per heavy atom. The molecule has 1 aromatic heterocycles. The molecular weight excluding hydrogens is 302 g/mol. The number of hydrogen-bond acceptors (Lipinski definition) is 4. The third kappa shape index (κ3) is 3.72. The third-order valence-corrected chi connectivity index (χ3v) is 6.22. The van der Waals surface area contributed by atoms with Crippen molar-refractivity contribution in [3.8, 4) is 0 Å².